The van der Waals surface area contributed by atoms with E-state index in [-0.39, 0.29) is 17.7 Å². The summed E-state index contributed by atoms with van der Waals surface area (Å²) in [6.45, 7) is 6.24. The van der Waals surface area contributed by atoms with Gasteiger partial charge in [0.2, 0.25) is 5.91 Å². The van der Waals surface area contributed by atoms with Gasteiger partial charge in [-0.05, 0) is 42.0 Å². The molecule has 1 N–H and O–H groups in total. The van der Waals surface area contributed by atoms with Crippen LogP contribution in [-0.4, -0.2) is 42.9 Å². The van der Waals surface area contributed by atoms with Crippen molar-refractivity contribution in [3.63, 3.8) is 0 Å². The number of anilines is 2. The van der Waals surface area contributed by atoms with Gasteiger partial charge in [-0.2, -0.15) is 0 Å². The number of hydrogen-bond donors (Lipinski definition) is 1. The van der Waals surface area contributed by atoms with E-state index < -0.39 is 5.63 Å². The lowest BCUT2D eigenvalue weighted by Crippen LogP contribution is -2.50. The molecule has 0 bridgehead atoms. The molecular weight excluding hydrogens is 502 g/mol. The molecule has 0 aliphatic carbocycles. The highest BCUT2D eigenvalue weighted by molar-refractivity contribution is 6.34. The fourth-order valence-corrected chi connectivity index (χ4v) is 5.01. The van der Waals surface area contributed by atoms with Gasteiger partial charge in [-0.15, -0.1) is 0 Å². The molecule has 1 aliphatic heterocycles. The number of para-hydroxylation sites is 2. The summed E-state index contributed by atoms with van der Waals surface area (Å²) >= 11 is 6.57. The first-order valence-corrected chi connectivity index (χ1v) is 13.0. The average Bonchev–Trinajstić information content (AvgIpc) is 2.92. The van der Waals surface area contributed by atoms with Gasteiger partial charge in [-0.1, -0.05) is 61.8 Å². The number of hydrogen-bond acceptors (Lipinski definition) is 5. The smallest absolute Gasteiger partial charge is 0.344 e. The predicted molar refractivity (Wildman–Crippen MR) is 151 cm³/mol. The molecular formula is C30H28ClN3O4. The minimum absolute atomic E-state index is 0.0426. The summed E-state index contributed by atoms with van der Waals surface area (Å²) in [5.74, 6) is -0.194. The number of piperazine rings is 1. The van der Waals surface area contributed by atoms with Crippen LogP contribution in [0.3, 0.4) is 0 Å². The van der Waals surface area contributed by atoms with Gasteiger partial charge in [0.15, 0.2) is 0 Å². The monoisotopic (exact) mass is 529 g/mol. The van der Waals surface area contributed by atoms with Gasteiger partial charge in [-0.3, -0.25) is 9.59 Å². The standard InChI is InChI=1S/C30H28ClN3O4/c1-19(2)29(36)34-16-14-33(15-17-34)27-24(31)7-5-8-25(27)32-28(35)21-12-10-20(11-13-21)23-18-22-6-3-4-9-26(22)38-30(23)37/h3-13,18-19H,14-17H2,1-2H3,(H,32,35). The molecule has 1 aliphatic rings. The first-order chi connectivity index (χ1) is 18.3. The predicted octanol–water partition coefficient (Wildman–Crippen LogP) is 5.67. The van der Waals surface area contributed by atoms with Crippen molar-refractivity contribution in [2.24, 2.45) is 5.92 Å². The van der Waals surface area contributed by atoms with Crippen molar-refractivity contribution >= 4 is 45.8 Å². The van der Waals surface area contributed by atoms with Crippen LogP contribution in [0.15, 0.2) is 82.0 Å². The summed E-state index contributed by atoms with van der Waals surface area (Å²) in [4.78, 5) is 42.0. The third-order valence-electron chi connectivity index (χ3n) is 6.74. The van der Waals surface area contributed by atoms with E-state index in [0.717, 1.165) is 11.1 Å². The number of rotatable bonds is 5. The molecule has 0 saturated carbocycles. The van der Waals surface area contributed by atoms with E-state index >= 15 is 0 Å². The first-order valence-electron chi connectivity index (χ1n) is 12.6. The van der Waals surface area contributed by atoms with Gasteiger partial charge in [0, 0.05) is 43.0 Å². The van der Waals surface area contributed by atoms with Crippen LogP contribution in [-0.2, 0) is 4.79 Å². The van der Waals surface area contributed by atoms with E-state index in [1.165, 1.54) is 0 Å². The highest BCUT2D eigenvalue weighted by Crippen LogP contribution is 2.35. The molecule has 0 atom stereocenters. The van der Waals surface area contributed by atoms with Gasteiger partial charge in [-0.25, -0.2) is 4.79 Å². The van der Waals surface area contributed by atoms with Crippen molar-refractivity contribution in [2.75, 3.05) is 36.4 Å². The zero-order chi connectivity index (χ0) is 26.8. The normalized spacial score (nSPS) is 13.7. The summed E-state index contributed by atoms with van der Waals surface area (Å²) in [7, 11) is 0. The molecule has 2 amide bonds. The first kappa shape index (κ1) is 25.5. The third-order valence-corrected chi connectivity index (χ3v) is 7.04. The highest BCUT2D eigenvalue weighted by Gasteiger charge is 2.26. The van der Waals surface area contributed by atoms with Gasteiger partial charge < -0.3 is 19.5 Å². The number of halogens is 1. The van der Waals surface area contributed by atoms with Crippen molar-refractivity contribution in [1.29, 1.82) is 0 Å². The molecule has 7 nitrogen and oxygen atoms in total. The Hall–Kier alpha value is -4.10. The Balaban J connectivity index is 1.33. The molecule has 194 valence electrons. The fourth-order valence-electron chi connectivity index (χ4n) is 4.71. The molecule has 4 aromatic rings. The Morgan fingerprint density at radius 1 is 0.921 bits per heavy atom. The Kier molecular flexibility index (Phi) is 7.20. The molecule has 1 fully saturated rings. The summed E-state index contributed by atoms with van der Waals surface area (Å²) in [5.41, 5.74) is 2.98. The summed E-state index contributed by atoms with van der Waals surface area (Å²) < 4.78 is 5.44. The van der Waals surface area contributed by atoms with Crippen molar-refractivity contribution in [3.8, 4) is 11.1 Å². The number of nitrogens with one attached hydrogen (secondary N) is 1. The maximum absolute atomic E-state index is 13.2. The van der Waals surface area contributed by atoms with Crippen LogP contribution in [0.1, 0.15) is 24.2 Å². The molecule has 8 heteroatoms. The van der Waals surface area contributed by atoms with Crippen LogP contribution in [0.4, 0.5) is 11.4 Å². The molecule has 38 heavy (non-hydrogen) atoms. The summed E-state index contributed by atoms with van der Waals surface area (Å²) in [6.07, 6.45) is 0. The van der Waals surface area contributed by atoms with Gasteiger partial charge in [0.25, 0.3) is 5.91 Å². The van der Waals surface area contributed by atoms with Crippen molar-refractivity contribution in [3.05, 3.63) is 93.8 Å². The topological polar surface area (TPSA) is 82.9 Å². The second-order valence-corrected chi connectivity index (χ2v) is 10.0. The lowest BCUT2D eigenvalue weighted by Gasteiger charge is -2.38. The second-order valence-electron chi connectivity index (χ2n) is 9.62. The molecule has 0 unspecified atom stereocenters. The highest BCUT2D eigenvalue weighted by atomic mass is 35.5. The maximum Gasteiger partial charge on any atom is 0.344 e. The quantitative estimate of drug-likeness (QED) is 0.337. The second kappa shape index (κ2) is 10.7. The number of amides is 2. The maximum atomic E-state index is 13.2. The lowest BCUT2D eigenvalue weighted by atomic mass is 10.0. The zero-order valence-electron chi connectivity index (χ0n) is 21.2. The molecule has 5 rings (SSSR count). The van der Waals surface area contributed by atoms with E-state index in [1.54, 1.807) is 48.5 Å². The Labute approximate surface area is 225 Å². The SMILES string of the molecule is CC(C)C(=O)N1CCN(c2c(Cl)cccc2NC(=O)c2ccc(-c3cc4ccccc4oc3=O)cc2)CC1. The summed E-state index contributed by atoms with van der Waals surface area (Å²) in [6, 6.07) is 21.4. The van der Waals surface area contributed by atoms with Crippen LogP contribution < -0.4 is 15.8 Å². The third kappa shape index (κ3) is 5.15. The Bertz CT molecular complexity index is 1550. The van der Waals surface area contributed by atoms with Crippen LogP contribution in [0.25, 0.3) is 22.1 Å². The average molecular weight is 530 g/mol. The van der Waals surface area contributed by atoms with E-state index in [0.29, 0.717) is 59.2 Å². The molecule has 3 aromatic carbocycles. The molecule has 2 heterocycles. The molecule has 0 radical (unpaired) electrons. The minimum atomic E-state index is -0.431. The summed E-state index contributed by atoms with van der Waals surface area (Å²) in [5, 5.41) is 4.34. The minimum Gasteiger partial charge on any atom is -0.422 e. The van der Waals surface area contributed by atoms with Crippen molar-refractivity contribution in [1.82, 2.24) is 4.90 Å². The number of benzene rings is 3. The largest absolute Gasteiger partial charge is 0.422 e. The fraction of sp³-hybridized carbons (Fsp3) is 0.233. The number of nitrogens with zero attached hydrogens (tertiary/aromatic N) is 2. The van der Waals surface area contributed by atoms with Crippen molar-refractivity contribution in [2.45, 2.75) is 13.8 Å². The lowest BCUT2D eigenvalue weighted by molar-refractivity contribution is -0.134. The van der Waals surface area contributed by atoms with Crippen LogP contribution in [0.5, 0.6) is 0 Å². The Morgan fingerprint density at radius 3 is 2.34 bits per heavy atom. The zero-order valence-corrected chi connectivity index (χ0v) is 22.0. The van der Waals surface area contributed by atoms with Crippen LogP contribution in [0, 0.1) is 5.92 Å². The Morgan fingerprint density at radius 2 is 1.63 bits per heavy atom. The van der Waals surface area contributed by atoms with Gasteiger partial charge in [0.05, 0.1) is 22.0 Å². The van der Waals surface area contributed by atoms with Crippen LogP contribution in [0.2, 0.25) is 5.02 Å². The van der Waals surface area contributed by atoms with Gasteiger partial charge in [0.1, 0.15) is 5.58 Å². The van der Waals surface area contributed by atoms with E-state index in [4.69, 9.17) is 16.0 Å². The molecule has 1 aromatic heterocycles. The van der Waals surface area contributed by atoms with E-state index in [1.807, 2.05) is 43.0 Å². The van der Waals surface area contributed by atoms with Crippen LogP contribution >= 0.6 is 11.6 Å². The number of fused-ring (bicyclic) bond motifs is 1. The molecule has 0 spiro atoms. The number of carbonyl (C=O) groups is 2. The van der Waals surface area contributed by atoms with E-state index in [2.05, 4.69) is 10.2 Å². The number of carbonyl (C=O) groups excluding carboxylic acids is 2. The van der Waals surface area contributed by atoms with Gasteiger partial charge >= 0.3 is 5.63 Å². The molecule has 1 saturated heterocycles. The van der Waals surface area contributed by atoms with Crippen molar-refractivity contribution < 1.29 is 14.0 Å². The van der Waals surface area contributed by atoms with E-state index in [9.17, 15) is 14.4 Å².